The fourth-order valence-electron chi connectivity index (χ4n) is 6.48. The maximum absolute atomic E-state index is 2.76. The minimum atomic E-state index is -2.62. The topological polar surface area (TPSA) is 3.24 Å². The van der Waals surface area contributed by atoms with E-state index in [2.05, 4.69) is 167 Å². The van der Waals surface area contributed by atoms with Crippen molar-refractivity contribution in [2.45, 2.75) is 71.8 Å². The van der Waals surface area contributed by atoms with Crippen LogP contribution in [0.4, 0.5) is 5.69 Å². The zero-order valence-electron chi connectivity index (χ0n) is 25.2. The Bertz CT molecular complexity index is 1270. The van der Waals surface area contributed by atoms with Gasteiger partial charge >= 0.3 is 0 Å². The van der Waals surface area contributed by atoms with Crippen molar-refractivity contribution in [2.24, 2.45) is 5.92 Å². The van der Waals surface area contributed by atoms with E-state index in [0.717, 1.165) is 19.3 Å². The van der Waals surface area contributed by atoms with Gasteiger partial charge in [-0.1, -0.05) is 162 Å². The Kier molecular flexibility index (Phi) is 10.2. The molecule has 2 heteroatoms. The predicted molar refractivity (Wildman–Crippen MR) is 178 cm³/mol. The normalized spacial score (nSPS) is 13.2. The second-order valence-corrected chi connectivity index (χ2v) is 16.6. The highest BCUT2D eigenvalue weighted by Gasteiger charge is 2.53. The summed E-state index contributed by atoms with van der Waals surface area (Å²) in [5, 5.41) is 2.89. The SMILES string of the molecule is CCC/C(=C/N(c1ccccc1)[Si](c1ccccc1)(c1ccccc1)C(C)(C)C)C(CCC)Cc1ccccc1. The Balaban J connectivity index is 2.03. The number of nitrogens with zero attached hydrogens (tertiary/aromatic N) is 1. The van der Waals surface area contributed by atoms with Crippen molar-refractivity contribution in [3.8, 4) is 0 Å². The molecule has 0 fully saturated rings. The lowest BCUT2D eigenvalue weighted by atomic mass is 9.86. The van der Waals surface area contributed by atoms with Gasteiger partial charge in [-0.05, 0) is 64.5 Å². The highest BCUT2D eigenvalue weighted by atomic mass is 28.3. The Morgan fingerprint density at radius 2 is 1.15 bits per heavy atom. The van der Waals surface area contributed by atoms with Gasteiger partial charge in [-0.3, -0.25) is 0 Å². The van der Waals surface area contributed by atoms with Crippen LogP contribution < -0.4 is 14.9 Å². The van der Waals surface area contributed by atoms with Crippen LogP contribution in [0.1, 0.15) is 65.9 Å². The first-order valence-electron chi connectivity index (χ1n) is 15.1. The number of hydrogen-bond donors (Lipinski definition) is 0. The number of benzene rings is 4. The molecule has 4 aromatic carbocycles. The number of rotatable bonds is 12. The third-order valence-corrected chi connectivity index (χ3v) is 13.8. The van der Waals surface area contributed by atoms with E-state index in [1.807, 2.05) is 0 Å². The molecule has 4 rings (SSSR count). The summed E-state index contributed by atoms with van der Waals surface area (Å²) in [6.07, 6.45) is 8.33. The van der Waals surface area contributed by atoms with Gasteiger partial charge < -0.3 is 4.57 Å². The van der Waals surface area contributed by atoms with Gasteiger partial charge in [0.1, 0.15) is 0 Å². The molecule has 0 spiro atoms. The van der Waals surface area contributed by atoms with Crippen LogP contribution >= 0.6 is 0 Å². The van der Waals surface area contributed by atoms with Crippen LogP contribution in [-0.4, -0.2) is 8.24 Å². The fraction of sp³-hybridized carbons (Fsp3) is 0.316. The standard InChI is InChI=1S/C38H47NSi/c1-6-20-33(30-32-22-12-8-13-23-32)34(21-7-2)31-39(35-24-14-9-15-25-35)40(38(3,4)5,36-26-16-10-17-27-36)37-28-18-11-19-29-37/h8-19,22-29,31,33H,6-7,20-21,30H2,1-5H3/b34-31-. The van der Waals surface area contributed by atoms with Gasteiger partial charge in [-0.15, -0.1) is 0 Å². The second-order valence-electron chi connectivity index (χ2n) is 12.0. The molecule has 0 amide bonds. The van der Waals surface area contributed by atoms with Crippen molar-refractivity contribution in [1.29, 1.82) is 0 Å². The lowest BCUT2D eigenvalue weighted by Gasteiger charge is -2.51. The second kappa shape index (κ2) is 13.8. The van der Waals surface area contributed by atoms with E-state index < -0.39 is 8.24 Å². The summed E-state index contributed by atoms with van der Waals surface area (Å²) >= 11 is 0. The molecule has 0 radical (unpaired) electrons. The van der Waals surface area contributed by atoms with Crippen LogP contribution in [0.25, 0.3) is 0 Å². The van der Waals surface area contributed by atoms with Gasteiger partial charge in [0.05, 0.1) is 0 Å². The number of hydrogen-bond acceptors (Lipinski definition) is 1. The molecule has 4 aromatic rings. The first-order valence-corrected chi connectivity index (χ1v) is 17.1. The van der Waals surface area contributed by atoms with Crippen LogP contribution in [0.2, 0.25) is 5.04 Å². The fourth-order valence-corrected chi connectivity index (χ4v) is 12.1. The summed E-state index contributed by atoms with van der Waals surface area (Å²) in [4.78, 5) is 0. The van der Waals surface area contributed by atoms with Crippen LogP contribution in [0, 0.1) is 5.92 Å². The van der Waals surface area contributed by atoms with E-state index in [0.29, 0.717) is 5.92 Å². The zero-order chi connectivity index (χ0) is 28.4. The van der Waals surface area contributed by atoms with Gasteiger partial charge in [0.15, 0.2) is 0 Å². The van der Waals surface area contributed by atoms with E-state index in [1.165, 1.54) is 34.5 Å². The summed E-state index contributed by atoms with van der Waals surface area (Å²) in [6.45, 7) is 12.0. The Morgan fingerprint density at radius 1 is 0.675 bits per heavy atom. The van der Waals surface area contributed by atoms with Gasteiger partial charge in [-0.25, -0.2) is 0 Å². The summed E-state index contributed by atoms with van der Waals surface area (Å²) < 4.78 is 2.76. The molecule has 40 heavy (non-hydrogen) atoms. The zero-order valence-corrected chi connectivity index (χ0v) is 26.2. The first kappa shape index (κ1) is 29.6. The number of para-hydroxylation sites is 1. The average Bonchev–Trinajstić information content (AvgIpc) is 2.98. The Morgan fingerprint density at radius 3 is 1.60 bits per heavy atom. The van der Waals surface area contributed by atoms with Crippen molar-refractivity contribution < 1.29 is 0 Å². The lowest BCUT2D eigenvalue weighted by molar-refractivity contribution is 0.525. The Labute approximate surface area is 244 Å². The van der Waals surface area contributed by atoms with Crippen LogP contribution in [0.3, 0.4) is 0 Å². The minimum absolute atomic E-state index is 0.000937. The molecule has 0 heterocycles. The molecule has 0 saturated heterocycles. The monoisotopic (exact) mass is 545 g/mol. The van der Waals surface area contributed by atoms with Crippen LogP contribution in [0.5, 0.6) is 0 Å². The van der Waals surface area contributed by atoms with Crippen molar-refractivity contribution in [3.05, 3.63) is 139 Å². The van der Waals surface area contributed by atoms with Crippen LogP contribution in [0.15, 0.2) is 133 Å². The highest BCUT2D eigenvalue weighted by Crippen LogP contribution is 2.42. The molecular formula is C38H47NSi. The third-order valence-electron chi connectivity index (χ3n) is 8.18. The van der Waals surface area contributed by atoms with Crippen molar-refractivity contribution >= 4 is 24.3 Å². The van der Waals surface area contributed by atoms with E-state index in [4.69, 9.17) is 0 Å². The molecule has 0 aliphatic carbocycles. The maximum atomic E-state index is 2.76. The van der Waals surface area contributed by atoms with Crippen molar-refractivity contribution in [2.75, 3.05) is 4.57 Å². The molecule has 1 unspecified atom stereocenters. The summed E-state index contributed by atoms with van der Waals surface area (Å²) in [7, 11) is -2.62. The van der Waals surface area contributed by atoms with Crippen molar-refractivity contribution in [1.82, 2.24) is 0 Å². The lowest BCUT2D eigenvalue weighted by Crippen LogP contribution is -2.74. The van der Waals surface area contributed by atoms with E-state index >= 15 is 0 Å². The molecule has 0 saturated carbocycles. The number of allylic oxidation sites excluding steroid dienone is 1. The summed E-state index contributed by atoms with van der Waals surface area (Å²) in [5.41, 5.74) is 4.28. The molecular weight excluding hydrogens is 499 g/mol. The molecule has 0 N–H and O–H groups in total. The predicted octanol–water partition coefficient (Wildman–Crippen LogP) is 9.40. The molecule has 0 aromatic heterocycles. The molecule has 208 valence electrons. The van der Waals surface area contributed by atoms with Gasteiger partial charge in [0.2, 0.25) is 8.24 Å². The third kappa shape index (κ3) is 6.50. The smallest absolute Gasteiger partial charge is 0.230 e. The average molecular weight is 546 g/mol. The Hall–Kier alpha value is -3.36. The van der Waals surface area contributed by atoms with Crippen LogP contribution in [-0.2, 0) is 6.42 Å². The molecule has 0 aliphatic rings. The van der Waals surface area contributed by atoms with E-state index in [1.54, 1.807) is 5.57 Å². The van der Waals surface area contributed by atoms with E-state index in [9.17, 15) is 0 Å². The molecule has 0 bridgehead atoms. The van der Waals surface area contributed by atoms with Crippen molar-refractivity contribution in [3.63, 3.8) is 0 Å². The molecule has 1 nitrogen and oxygen atoms in total. The largest absolute Gasteiger partial charge is 0.366 e. The summed E-state index contributed by atoms with van der Waals surface area (Å²) in [5.74, 6) is 0.511. The highest BCUT2D eigenvalue weighted by molar-refractivity contribution is 7.07. The van der Waals surface area contributed by atoms with Gasteiger partial charge in [-0.2, -0.15) is 0 Å². The molecule has 0 aliphatic heterocycles. The molecule has 1 atom stereocenters. The summed E-state index contributed by atoms with van der Waals surface area (Å²) in [6, 6.07) is 44.9. The van der Waals surface area contributed by atoms with E-state index in [-0.39, 0.29) is 5.04 Å². The quantitative estimate of drug-likeness (QED) is 0.160. The maximum Gasteiger partial charge on any atom is 0.230 e. The minimum Gasteiger partial charge on any atom is -0.366 e. The number of anilines is 1. The first-order chi connectivity index (χ1) is 19.4. The van der Waals surface area contributed by atoms with Gasteiger partial charge in [0, 0.05) is 5.69 Å². The van der Waals surface area contributed by atoms with Gasteiger partial charge in [0.25, 0.3) is 0 Å².